The number of carbonyl (C=O) groups is 1. The number of ketones is 1. The summed E-state index contributed by atoms with van der Waals surface area (Å²) in [5.74, 6) is 0.215. The summed E-state index contributed by atoms with van der Waals surface area (Å²) in [4.78, 5) is 11.7. The van der Waals surface area contributed by atoms with Gasteiger partial charge in [-0.15, -0.1) is 0 Å². The summed E-state index contributed by atoms with van der Waals surface area (Å²) in [5.41, 5.74) is 0.564. The van der Waals surface area contributed by atoms with E-state index < -0.39 is 0 Å². The highest BCUT2D eigenvalue weighted by Crippen LogP contribution is 2.16. The van der Waals surface area contributed by atoms with E-state index in [1.807, 2.05) is 6.07 Å². The molecule has 0 aliphatic carbocycles. The molecule has 0 aliphatic rings. The molecule has 0 amide bonds. The van der Waals surface area contributed by atoms with Crippen molar-refractivity contribution in [3.05, 3.63) is 46.7 Å². The second-order valence-corrected chi connectivity index (χ2v) is 3.15. The normalized spacial score (nSPS) is 11.9. The van der Waals surface area contributed by atoms with Gasteiger partial charge in [-0.25, -0.2) is 0 Å². The van der Waals surface area contributed by atoms with Gasteiger partial charge >= 0.3 is 0 Å². The van der Waals surface area contributed by atoms with Crippen LogP contribution in [-0.4, -0.2) is 12.9 Å². The first-order chi connectivity index (χ1) is 6.66. The van der Waals surface area contributed by atoms with Crippen LogP contribution in [0.5, 0.6) is 0 Å². The molecule has 0 bridgehead atoms. The van der Waals surface area contributed by atoms with Crippen molar-refractivity contribution in [2.45, 2.75) is 6.92 Å². The predicted molar refractivity (Wildman–Crippen MR) is 56.3 cm³/mol. The number of Topliss-reactive ketones (excluding diaryl/α,β-unsaturated/α-hetero) is 1. The van der Waals surface area contributed by atoms with Crippen LogP contribution in [0.1, 0.15) is 17.3 Å². The van der Waals surface area contributed by atoms with Gasteiger partial charge in [-0.1, -0.05) is 41.9 Å². The molecular formula is C11H11ClO2. The van der Waals surface area contributed by atoms with Crippen LogP contribution in [0.25, 0.3) is 0 Å². The predicted octanol–water partition coefficient (Wildman–Crippen LogP) is 2.99. The minimum Gasteiger partial charge on any atom is -0.500 e. The second-order valence-electron chi connectivity index (χ2n) is 2.77. The van der Waals surface area contributed by atoms with Gasteiger partial charge < -0.3 is 4.74 Å². The summed E-state index contributed by atoms with van der Waals surface area (Å²) < 4.78 is 4.88. The van der Waals surface area contributed by atoms with E-state index >= 15 is 0 Å². The van der Waals surface area contributed by atoms with Crippen molar-refractivity contribution in [1.82, 2.24) is 0 Å². The van der Waals surface area contributed by atoms with Crippen LogP contribution in [0, 0.1) is 0 Å². The minimum absolute atomic E-state index is 0.124. The molecule has 0 saturated heterocycles. The molecule has 0 atom stereocenters. The smallest absolute Gasteiger partial charge is 0.207 e. The average molecular weight is 211 g/mol. The van der Waals surface area contributed by atoms with Crippen LogP contribution in [0.15, 0.2) is 41.1 Å². The number of benzene rings is 1. The van der Waals surface area contributed by atoms with Crippen molar-refractivity contribution >= 4 is 17.4 Å². The van der Waals surface area contributed by atoms with Crippen LogP contribution in [-0.2, 0) is 4.74 Å². The van der Waals surface area contributed by atoms with E-state index in [1.165, 1.54) is 7.11 Å². The second kappa shape index (κ2) is 4.82. The topological polar surface area (TPSA) is 26.3 Å². The van der Waals surface area contributed by atoms with E-state index in [0.717, 1.165) is 0 Å². The number of hydrogen-bond acceptors (Lipinski definition) is 2. The lowest BCUT2D eigenvalue weighted by atomic mass is 10.1. The zero-order chi connectivity index (χ0) is 10.6. The van der Waals surface area contributed by atoms with Crippen molar-refractivity contribution in [2.75, 3.05) is 7.11 Å². The van der Waals surface area contributed by atoms with E-state index in [4.69, 9.17) is 16.3 Å². The van der Waals surface area contributed by atoms with Crippen molar-refractivity contribution in [2.24, 2.45) is 0 Å². The van der Waals surface area contributed by atoms with Crippen molar-refractivity contribution < 1.29 is 9.53 Å². The van der Waals surface area contributed by atoms with Gasteiger partial charge in [-0.3, -0.25) is 4.79 Å². The fraction of sp³-hybridized carbons (Fsp3) is 0.182. The zero-order valence-corrected chi connectivity index (χ0v) is 8.84. The molecule has 3 heteroatoms. The van der Waals surface area contributed by atoms with Crippen LogP contribution < -0.4 is 0 Å². The number of carbonyl (C=O) groups excluding carboxylic acids is 1. The summed E-state index contributed by atoms with van der Waals surface area (Å²) in [5, 5.41) is 0.124. The Labute approximate surface area is 88.1 Å². The lowest BCUT2D eigenvalue weighted by Crippen LogP contribution is -2.01. The Hall–Kier alpha value is -1.28. The highest BCUT2D eigenvalue weighted by Gasteiger charge is 2.12. The van der Waals surface area contributed by atoms with E-state index in [2.05, 4.69) is 0 Å². The first-order valence-corrected chi connectivity index (χ1v) is 4.54. The Morgan fingerprint density at radius 3 is 2.36 bits per heavy atom. The van der Waals surface area contributed by atoms with Crippen LogP contribution in [0.2, 0.25) is 0 Å². The Balaban J connectivity index is 2.98. The molecule has 1 rings (SSSR count). The quantitative estimate of drug-likeness (QED) is 0.436. The first kappa shape index (κ1) is 10.8. The molecule has 0 aliphatic heterocycles. The van der Waals surface area contributed by atoms with Gasteiger partial charge in [0, 0.05) is 5.56 Å². The van der Waals surface area contributed by atoms with Gasteiger partial charge in [0.1, 0.15) is 10.8 Å². The molecular weight excluding hydrogens is 200 g/mol. The highest BCUT2D eigenvalue weighted by molar-refractivity contribution is 6.45. The maximum atomic E-state index is 11.7. The van der Waals surface area contributed by atoms with Gasteiger partial charge in [0.05, 0.1) is 7.11 Å². The van der Waals surface area contributed by atoms with Gasteiger partial charge in [-0.05, 0) is 6.92 Å². The summed E-state index contributed by atoms with van der Waals surface area (Å²) in [7, 11) is 1.48. The number of rotatable bonds is 3. The third-order valence-corrected chi connectivity index (χ3v) is 2.29. The number of allylic oxidation sites excluding steroid dienone is 2. The maximum Gasteiger partial charge on any atom is 0.207 e. The molecule has 74 valence electrons. The monoisotopic (exact) mass is 210 g/mol. The maximum absolute atomic E-state index is 11.7. The van der Waals surface area contributed by atoms with E-state index in [-0.39, 0.29) is 10.8 Å². The fourth-order valence-corrected chi connectivity index (χ4v) is 1.15. The number of halogens is 1. The molecule has 0 radical (unpaired) electrons. The molecule has 0 heterocycles. The van der Waals surface area contributed by atoms with E-state index in [9.17, 15) is 4.79 Å². The third-order valence-electron chi connectivity index (χ3n) is 1.85. The Morgan fingerprint density at radius 1 is 1.29 bits per heavy atom. The third kappa shape index (κ3) is 2.36. The molecule has 1 aromatic rings. The largest absolute Gasteiger partial charge is 0.500 e. The molecule has 2 nitrogen and oxygen atoms in total. The van der Waals surface area contributed by atoms with E-state index in [1.54, 1.807) is 31.2 Å². The van der Waals surface area contributed by atoms with Crippen LogP contribution >= 0.6 is 11.6 Å². The van der Waals surface area contributed by atoms with Gasteiger partial charge in [-0.2, -0.15) is 0 Å². The number of methoxy groups -OCH3 is 1. The molecule has 0 N–H and O–H groups in total. The molecule has 14 heavy (non-hydrogen) atoms. The lowest BCUT2D eigenvalue weighted by Gasteiger charge is -2.03. The highest BCUT2D eigenvalue weighted by atomic mass is 35.5. The SMILES string of the molecule is COC(C)=C(Cl)C(=O)c1ccccc1. The zero-order valence-electron chi connectivity index (χ0n) is 8.08. The van der Waals surface area contributed by atoms with Gasteiger partial charge in [0.2, 0.25) is 5.78 Å². The first-order valence-electron chi connectivity index (χ1n) is 4.17. The fourth-order valence-electron chi connectivity index (χ4n) is 0.966. The van der Waals surface area contributed by atoms with Crippen LogP contribution in [0.4, 0.5) is 0 Å². The summed E-state index contributed by atoms with van der Waals surface area (Å²) in [6.45, 7) is 1.66. The Morgan fingerprint density at radius 2 is 1.86 bits per heavy atom. The van der Waals surface area contributed by atoms with Crippen molar-refractivity contribution in [3.63, 3.8) is 0 Å². The Kier molecular flexibility index (Phi) is 3.72. The van der Waals surface area contributed by atoms with Crippen molar-refractivity contribution in [3.8, 4) is 0 Å². The molecule has 1 aromatic carbocycles. The minimum atomic E-state index is -0.216. The number of hydrogen-bond donors (Lipinski definition) is 0. The van der Waals surface area contributed by atoms with Crippen molar-refractivity contribution in [1.29, 1.82) is 0 Å². The summed E-state index contributed by atoms with van der Waals surface area (Å²) in [6.07, 6.45) is 0. The standard InChI is InChI=1S/C11H11ClO2/c1-8(14-2)10(12)11(13)9-6-4-3-5-7-9/h3-7H,1-2H3. The molecule has 0 spiro atoms. The molecule has 0 aromatic heterocycles. The van der Waals surface area contributed by atoms with Gasteiger partial charge in [0.15, 0.2) is 0 Å². The molecule has 0 unspecified atom stereocenters. The van der Waals surface area contributed by atoms with Gasteiger partial charge in [0.25, 0.3) is 0 Å². The Bertz CT molecular complexity index is 355. The molecule has 0 fully saturated rings. The number of ether oxygens (including phenoxy) is 1. The average Bonchev–Trinajstić information content (AvgIpc) is 2.27. The summed E-state index contributed by atoms with van der Waals surface area (Å²) >= 11 is 5.82. The van der Waals surface area contributed by atoms with E-state index in [0.29, 0.717) is 11.3 Å². The lowest BCUT2D eigenvalue weighted by molar-refractivity contribution is 0.103. The van der Waals surface area contributed by atoms with Crippen LogP contribution in [0.3, 0.4) is 0 Å². The molecule has 0 saturated carbocycles. The summed E-state index contributed by atoms with van der Waals surface area (Å²) in [6, 6.07) is 8.86.